The summed E-state index contributed by atoms with van der Waals surface area (Å²) in [4.78, 5) is 21.1. The molecule has 0 aliphatic carbocycles. The number of amides is 1. The minimum absolute atomic E-state index is 0.144. The van der Waals surface area contributed by atoms with E-state index < -0.39 is 5.91 Å². The van der Waals surface area contributed by atoms with Crippen molar-refractivity contribution in [1.82, 2.24) is 9.66 Å². The summed E-state index contributed by atoms with van der Waals surface area (Å²) in [5.41, 5.74) is 5.54. The number of carbonyl (C=O) groups is 1. The molecule has 1 amide bonds. The number of aromatic hydroxyl groups is 1. The number of pyridine rings is 1. The highest BCUT2D eigenvalue weighted by Crippen LogP contribution is 2.37. The van der Waals surface area contributed by atoms with Gasteiger partial charge in [0.1, 0.15) is 5.75 Å². The second-order valence-corrected chi connectivity index (χ2v) is 7.48. The van der Waals surface area contributed by atoms with Gasteiger partial charge in [0.25, 0.3) is 5.91 Å². The van der Waals surface area contributed by atoms with E-state index in [-0.39, 0.29) is 5.88 Å². The molecule has 1 aromatic carbocycles. The highest BCUT2D eigenvalue weighted by molar-refractivity contribution is 7.73. The van der Waals surface area contributed by atoms with Gasteiger partial charge in [-0.2, -0.15) is 4.68 Å². The van der Waals surface area contributed by atoms with Crippen LogP contribution in [0.2, 0.25) is 0 Å². The van der Waals surface area contributed by atoms with E-state index in [2.05, 4.69) is 15.4 Å². The first kappa shape index (κ1) is 18.1. The summed E-state index contributed by atoms with van der Waals surface area (Å²) in [6, 6.07) is 8.74. The molecule has 0 fully saturated rings. The van der Waals surface area contributed by atoms with Gasteiger partial charge in [-0.25, -0.2) is 0 Å². The van der Waals surface area contributed by atoms with Gasteiger partial charge in [-0.15, -0.1) is 0 Å². The number of rotatable bonds is 4. The molecular weight excluding hydrogens is 396 g/mol. The Bertz CT molecular complexity index is 1180. The van der Waals surface area contributed by atoms with E-state index in [0.717, 1.165) is 16.8 Å². The lowest BCUT2D eigenvalue weighted by atomic mass is 10.1. The first-order valence-electron chi connectivity index (χ1n) is 8.17. The molecule has 0 bridgehead atoms. The van der Waals surface area contributed by atoms with Crippen LogP contribution in [0.1, 0.15) is 20.8 Å². The Balaban J connectivity index is 1.66. The molecule has 2 aromatic heterocycles. The molecule has 9 heteroatoms. The third kappa shape index (κ3) is 3.32. The van der Waals surface area contributed by atoms with Gasteiger partial charge in [-0.05, 0) is 48.6 Å². The number of carbonyl (C=O) groups excluding carboxylic acids is 1. The van der Waals surface area contributed by atoms with E-state index in [1.54, 1.807) is 31.5 Å². The predicted octanol–water partition coefficient (Wildman–Crippen LogP) is 4.03. The molecule has 0 saturated heterocycles. The number of methoxy groups -OCH3 is 1. The number of hydrogen-bond acceptors (Lipinski definition) is 7. The monoisotopic (exact) mass is 410 g/mol. The van der Waals surface area contributed by atoms with Crippen molar-refractivity contribution in [2.75, 3.05) is 12.5 Å². The topological polar surface area (TPSA) is 88.7 Å². The Morgan fingerprint density at radius 3 is 2.86 bits per heavy atom. The lowest BCUT2D eigenvalue weighted by molar-refractivity contribution is 0.101. The molecule has 3 aromatic rings. The van der Waals surface area contributed by atoms with Crippen LogP contribution in [0.3, 0.4) is 0 Å². The molecule has 0 unspecified atom stereocenters. The van der Waals surface area contributed by atoms with Gasteiger partial charge in [-0.3, -0.25) is 20.2 Å². The second kappa shape index (κ2) is 7.37. The van der Waals surface area contributed by atoms with Crippen LogP contribution in [0.5, 0.6) is 11.6 Å². The Hall–Kier alpha value is -3.30. The Kier molecular flexibility index (Phi) is 4.76. The molecular formula is C19H14N4O3S2. The van der Waals surface area contributed by atoms with Crippen LogP contribution in [-0.2, 0) is 0 Å². The zero-order valence-electron chi connectivity index (χ0n) is 14.6. The van der Waals surface area contributed by atoms with Crippen LogP contribution in [0.15, 0.2) is 47.7 Å². The third-order valence-corrected chi connectivity index (χ3v) is 5.42. The molecule has 0 atom stereocenters. The van der Waals surface area contributed by atoms with E-state index in [1.165, 1.54) is 28.4 Å². The molecule has 0 radical (unpaired) electrons. The highest BCUT2D eigenvalue weighted by atomic mass is 32.1. The van der Waals surface area contributed by atoms with Gasteiger partial charge < -0.3 is 9.84 Å². The van der Waals surface area contributed by atoms with Crippen molar-refractivity contribution >= 4 is 53.0 Å². The Labute approximate surface area is 169 Å². The van der Waals surface area contributed by atoms with Gasteiger partial charge >= 0.3 is 0 Å². The van der Waals surface area contributed by atoms with E-state index in [4.69, 9.17) is 17.0 Å². The number of aliphatic imine (C=N–C) groups is 1. The summed E-state index contributed by atoms with van der Waals surface area (Å²) in [5.74, 6) is 0.173. The average molecular weight is 410 g/mol. The van der Waals surface area contributed by atoms with Gasteiger partial charge in [-0.1, -0.05) is 11.3 Å². The fourth-order valence-electron chi connectivity index (χ4n) is 2.69. The number of ether oxygens (including phenoxy) is 1. The number of hydrogen-bond donors (Lipinski definition) is 2. The highest BCUT2D eigenvalue weighted by Gasteiger charge is 2.17. The molecule has 0 spiro atoms. The Morgan fingerprint density at radius 1 is 1.32 bits per heavy atom. The molecule has 3 heterocycles. The van der Waals surface area contributed by atoms with Crippen LogP contribution in [0, 0.1) is 3.95 Å². The maximum Gasteiger partial charge on any atom is 0.270 e. The van der Waals surface area contributed by atoms with Gasteiger partial charge in [0.2, 0.25) is 5.88 Å². The van der Waals surface area contributed by atoms with Crippen molar-refractivity contribution in [3.8, 4) is 11.6 Å². The minimum atomic E-state index is -0.400. The number of thiazole rings is 1. The number of nitrogens with one attached hydrogen (secondary N) is 1. The van der Waals surface area contributed by atoms with Crippen LogP contribution in [0.4, 0.5) is 5.69 Å². The van der Waals surface area contributed by atoms with E-state index >= 15 is 0 Å². The average Bonchev–Trinajstić information content (AvgIpc) is 3.24. The minimum Gasteiger partial charge on any atom is -0.497 e. The standard InChI is InChI=1S/C19H14N4O3S2/c1-26-13-2-3-15-14(9-13)12(10-21-15)8-16-18(25)23(19(27)28-16)22-17(24)11-4-6-20-7-5-11/h2-10,25H,1H3,(H,22,24)/b12-8+. The lowest BCUT2D eigenvalue weighted by Gasteiger charge is -2.07. The van der Waals surface area contributed by atoms with Crippen molar-refractivity contribution in [3.05, 3.63) is 62.7 Å². The molecule has 1 aliphatic heterocycles. The van der Waals surface area contributed by atoms with Gasteiger partial charge in [0.05, 0.1) is 17.7 Å². The molecule has 2 N–H and O–H groups in total. The first-order chi connectivity index (χ1) is 13.6. The summed E-state index contributed by atoms with van der Waals surface area (Å²) in [7, 11) is 1.60. The fourth-order valence-corrected chi connectivity index (χ4v) is 3.88. The zero-order valence-corrected chi connectivity index (χ0v) is 16.3. The third-order valence-electron chi connectivity index (χ3n) is 4.11. The lowest BCUT2D eigenvalue weighted by Crippen LogP contribution is -2.22. The van der Waals surface area contributed by atoms with Crippen LogP contribution >= 0.6 is 23.6 Å². The zero-order chi connectivity index (χ0) is 19.7. The molecule has 140 valence electrons. The molecule has 1 aliphatic rings. The SMILES string of the molecule is COc1ccc2c(c1)/C(=C/c1sc(=S)n(NC(=O)c3ccncc3)c1O)C=N2. The van der Waals surface area contributed by atoms with Crippen molar-refractivity contribution in [1.29, 1.82) is 0 Å². The molecule has 7 nitrogen and oxygen atoms in total. The summed E-state index contributed by atoms with van der Waals surface area (Å²) in [5, 5.41) is 10.6. The van der Waals surface area contributed by atoms with Gasteiger partial charge in [0, 0.05) is 35.3 Å². The summed E-state index contributed by atoms with van der Waals surface area (Å²) >= 11 is 6.48. The summed E-state index contributed by atoms with van der Waals surface area (Å²) in [6.07, 6.45) is 6.52. The van der Waals surface area contributed by atoms with Crippen molar-refractivity contribution in [2.45, 2.75) is 0 Å². The van der Waals surface area contributed by atoms with Crippen molar-refractivity contribution in [2.24, 2.45) is 4.99 Å². The van der Waals surface area contributed by atoms with Crippen LogP contribution in [0.25, 0.3) is 11.6 Å². The largest absolute Gasteiger partial charge is 0.497 e. The van der Waals surface area contributed by atoms with E-state index in [9.17, 15) is 9.90 Å². The summed E-state index contributed by atoms with van der Waals surface area (Å²) in [6.45, 7) is 0. The summed E-state index contributed by atoms with van der Waals surface area (Å²) < 4.78 is 6.77. The number of nitrogens with zero attached hydrogens (tertiary/aromatic N) is 3. The molecule has 0 saturated carbocycles. The quantitative estimate of drug-likeness (QED) is 0.634. The molecule has 4 rings (SSSR count). The van der Waals surface area contributed by atoms with Crippen LogP contribution < -0.4 is 10.2 Å². The smallest absolute Gasteiger partial charge is 0.270 e. The first-order valence-corrected chi connectivity index (χ1v) is 9.39. The maximum atomic E-state index is 12.3. The maximum absolute atomic E-state index is 12.3. The van der Waals surface area contributed by atoms with Crippen molar-refractivity contribution in [3.63, 3.8) is 0 Å². The number of benzene rings is 1. The number of aromatic nitrogens is 2. The van der Waals surface area contributed by atoms with E-state index in [1.807, 2.05) is 18.2 Å². The van der Waals surface area contributed by atoms with Crippen LogP contribution in [-0.4, -0.2) is 34.0 Å². The molecule has 28 heavy (non-hydrogen) atoms. The van der Waals surface area contributed by atoms with E-state index in [0.29, 0.717) is 20.1 Å². The number of allylic oxidation sites excluding steroid dienone is 1. The Morgan fingerprint density at radius 2 is 2.11 bits per heavy atom. The number of fused-ring (bicyclic) bond motifs is 1. The van der Waals surface area contributed by atoms with Crippen molar-refractivity contribution < 1.29 is 14.6 Å². The fraction of sp³-hybridized carbons (Fsp3) is 0.0526. The normalized spacial score (nSPS) is 13.5. The predicted molar refractivity (Wildman–Crippen MR) is 112 cm³/mol. The second-order valence-electron chi connectivity index (χ2n) is 5.81. The van der Waals surface area contributed by atoms with Gasteiger partial charge in [0.15, 0.2) is 3.95 Å².